The summed E-state index contributed by atoms with van der Waals surface area (Å²) in [6.45, 7) is 2.09. The second kappa shape index (κ2) is 4.12. The van der Waals surface area contributed by atoms with Gasteiger partial charge in [-0.2, -0.15) is 0 Å². The minimum atomic E-state index is 0.222. The summed E-state index contributed by atoms with van der Waals surface area (Å²) in [4.78, 5) is 0. The van der Waals surface area contributed by atoms with E-state index in [1.54, 1.807) is 6.07 Å². The number of benzene rings is 1. The lowest BCUT2D eigenvalue weighted by atomic mass is 10.1. The van der Waals surface area contributed by atoms with Gasteiger partial charge in [-0.25, -0.2) is 0 Å². The summed E-state index contributed by atoms with van der Waals surface area (Å²) >= 11 is 0. The highest BCUT2D eigenvalue weighted by atomic mass is 16.3. The van der Waals surface area contributed by atoms with Crippen LogP contribution in [0.1, 0.15) is 17.5 Å². The van der Waals surface area contributed by atoms with E-state index in [-0.39, 0.29) is 6.61 Å². The quantitative estimate of drug-likeness (QED) is 0.716. The van der Waals surface area contributed by atoms with E-state index >= 15 is 0 Å². The Balaban J connectivity index is 2.69. The number of hydrogen-bond acceptors (Lipinski definition) is 2. The molecule has 2 heteroatoms. The Bertz CT molecular complexity index is 256. The van der Waals surface area contributed by atoms with Gasteiger partial charge in [0.1, 0.15) is 5.75 Å². The van der Waals surface area contributed by atoms with E-state index < -0.39 is 0 Å². The molecule has 2 nitrogen and oxygen atoms in total. The molecule has 66 valence electrons. The van der Waals surface area contributed by atoms with Crippen LogP contribution in [0.15, 0.2) is 18.2 Å². The van der Waals surface area contributed by atoms with Crippen molar-refractivity contribution in [3.63, 3.8) is 0 Å². The highest BCUT2D eigenvalue weighted by Crippen LogP contribution is 2.17. The molecule has 0 fully saturated rings. The number of phenolic OH excluding ortho intramolecular Hbond substituents is 1. The molecule has 1 rings (SSSR count). The summed E-state index contributed by atoms with van der Waals surface area (Å²) in [5, 5.41) is 17.8. The summed E-state index contributed by atoms with van der Waals surface area (Å²) < 4.78 is 0. The summed E-state index contributed by atoms with van der Waals surface area (Å²) in [6, 6.07) is 5.53. The molecule has 0 aliphatic heterocycles. The van der Waals surface area contributed by atoms with E-state index in [9.17, 15) is 5.11 Å². The molecule has 0 unspecified atom stereocenters. The number of aliphatic hydroxyl groups is 1. The maximum Gasteiger partial charge on any atom is 0.118 e. The minimum absolute atomic E-state index is 0.222. The summed E-state index contributed by atoms with van der Waals surface area (Å²) in [7, 11) is 0. The Morgan fingerprint density at radius 3 is 2.67 bits per heavy atom. The van der Waals surface area contributed by atoms with Crippen molar-refractivity contribution in [3.8, 4) is 5.75 Å². The molecule has 0 amide bonds. The van der Waals surface area contributed by atoms with E-state index in [2.05, 4.69) is 0 Å². The van der Waals surface area contributed by atoms with Gasteiger partial charge in [0, 0.05) is 6.61 Å². The average Bonchev–Trinajstić information content (AvgIpc) is 2.07. The lowest BCUT2D eigenvalue weighted by molar-refractivity contribution is 0.288. The molecular formula is C10H14O2. The highest BCUT2D eigenvalue weighted by Gasteiger charge is 1.97. The van der Waals surface area contributed by atoms with Gasteiger partial charge in [0.2, 0.25) is 0 Å². The number of hydrogen-bond donors (Lipinski definition) is 2. The van der Waals surface area contributed by atoms with Crippen molar-refractivity contribution in [2.24, 2.45) is 0 Å². The first-order valence-electron chi connectivity index (χ1n) is 4.13. The van der Waals surface area contributed by atoms with Crippen LogP contribution in [-0.4, -0.2) is 16.8 Å². The van der Waals surface area contributed by atoms with Crippen molar-refractivity contribution in [3.05, 3.63) is 29.3 Å². The first-order chi connectivity index (χ1) is 5.74. The van der Waals surface area contributed by atoms with Gasteiger partial charge in [-0.05, 0) is 37.0 Å². The van der Waals surface area contributed by atoms with Crippen molar-refractivity contribution < 1.29 is 10.2 Å². The van der Waals surface area contributed by atoms with Crippen molar-refractivity contribution in [1.82, 2.24) is 0 Å². The molecular weight excluding hydrogens is 152 g/mol. The summed E-state index contributed by atoms with van der Waals surface area (Å²) in [5.41, 5.74) is 2.06. The second-order valence-corrected chi connectivity index (χ2v) is 2.95. The Labute approximate surface area is 72.5 Å². The predicted molar refractivity (Wildman–Crippen MR) is 48.3 cm³/mol. The van der Waals surface area contributed by atoms with Crippen molar-refractivity contribution in [1.29, 1.82) is 0 Å². The second-order valence-electron chi connectivity index (χ2n) is 2.95. The zero-order valence-corrected chi connectivity index (χ0v) is 7.25. The van der Waals surface area contributed by atoms with Crippen LogP contribution >= 0.6 is 0 Å². The van der Waals surface area contributed by atoms with Crippen LogP contribution in [0, 0.1) is 6.92 Å². The molecule has 0 radical (unpaired) electrons. The third-order valence-corrected chi connectivity index (χ3v) is 1.88. The molecule has 0 bridgehead atoms. The lowest BCUT2D eigenvalue weighted by Gasteiger charge is -2.02. The van der Waals surface area contributed by atoms with E-state index in [4.69, 9.17) is 5.11 Å². The van der Waals surface area contributed by atoms with Gasteiger partial charge in [-0.1, -0.05) is 12.1 Å². The van der Waals surface area contributed by atoms with E-state index in [1.165, 1.54) is 5.56 Å². The Morgan fingerprint density at radius 1 is 1.33 bits per heavy atom. The highest BCUT2D eigenvalue weighted by molar-refractivity contribution is 5.34. The van der Waals surface area contributed by atoms with Crippen LogP contribution in [0.3, 0.4) is 0 Å². The van der Waals surface area contributed by atoms with E-state index in [1.807, 2.05) is 19.1 Å². The number of aryl methyl sites for hydroxylation is 2. The van der Waals surface area contributed by atoms with Gasteiger partial charge in [0.25, 0.3) is 0 Å². The largest absolute Gasteiger partial charge is 0.508 e. The topological polar surface area (TPSA) is 40.5 Å². The maximum atomic E-state index is 9.22. The molecule has 0 saturated heterocycles. The fourth-order valence-corrected chi connectivity index (χ4v) is 1.16. The molecule has 0 saturated carbocycles. The third-order valence-electron chi connectivity index (χ3n) is 1.88. The van der Waals surface area contributed by atoms with Crippen LogP contribution in [0.25, 0.3) is 0 Å². The third kappa shape index (κ3) is 2.24. The van der Waals surface area contributed by atoms with Crippen molar-refractivity contribution >= 4 is 0 Å². The van der Waals surface area contributed by atoms with Crippen LogP contribution in [-0.2, 0) is 6.42 Å². The fraction of sp³-hybridized carbons (Fsp3) is 0.400. The molecule has 0 aliphatic rings. The molecule has 0 heterocycles. The number of rotatable bonds is 3. The minimum Gasteiger partial charge on any atom is -0.508 e. The molecule has 1 aromatic rings. The van der Waals surface area contributed by atoms with Gasteiger partial charge >= 0.3 is 0 Å². The van der Waals surface area contributed by atoms with E-state index in [0.717, 1.165) is 18.4 Å². The Morgan fingerprint density at radius 2 is 2.08 bits per heavy atom. The zero-order chi connectivity index (χ0) is 8.97. The Hall–Kier alpha value is -1.02. The standard InChI is InChI=1S/C10H14O2/c1-8-7-9(3-2-6-11)4-5-10(8)12/h4-5,7,11-12H,2-3,6H2,1H3. The molecule has 0 aromatic heterocycles. The van der Waals surface area contributed by atoms with Gasteiger partial charge in [0.05, 0.1) is 0 Å². The molecule has 0 atom stereocenters. The maximum absolute atomic E-state index is 9.22. The smallest absolute Gasteiger partial charge is 0.118 e. The normalized spacial score (nSPS) is 10.2. The number of aromatic hydroxyl groups is 1. The monoisotopic (exact) mass is 166 g/mol. The number of aliphatic hydroxyl groups excluding tert-OH is 1. The first-order valence-corrected chi connectivity index (χ1v) is 4.13. The zero-order valence-electron chi connectivity index (χ0n) is 7.25. The van der Waals surface area contributed by atoms with Gasteiger partial charge in [-0.15, -0.1) is 0 Å². The van der Waals surface area contributed by atoms with Gasteiger partial charge < -0.3 is 10.2 Å². The summed E-state index contributed by atoms with van der Waals surface area (Å²) in [6.07, 6.45) is 1.65. The first kappa shape index (κ1) is 9.07. The lowest BCUT2D eigenvalue weighted by Crippen LogP contribution is -1.89. The van der Waals surface area contributed by atoms with Crippen molar-refractivity contribution in [2.75, 3.05) is 6.61 Å². The predicted octanol–water partition coefficient (Wildman–Crippen LogP) is 1.63. The average molecular weight is 166 g/mol. The molecule has 1 aromatic carbocycles. The van der Waals surface area contributed by atoms with Crippen molar-refractivity contribution in [2.45, 2.75) is 19.8 Å². The molecule has 12 heavy (non-hydrogen) atoms. The van der Waals surface area contributed by atoms with Gasteiger partial charge in [0.15, 0.2) is 0 Å². The van der Waals surface area contributed by atoms with Crippen LogP contribution < -0.4 is 0 Å². The number of phenols is 1. The summed E-state index contributed by atoms with van der Waals surface area (Å²) in [5.74, 6) is 0.336. The van der Waals surface area contributed by atoms with Crippen LogP contribution in [0.2, 0.25) is 0 Å². The van der Waals surface area contributed by atoms with Crippen LogP contribution in [0.5, 0.6) is 5.75 Å². The molecule has 2 N–H and O–H groups in total. The SMILES string of the molecule is Cc1cc(CCCO)ccc1O. The Kier molecular flexibility index (Phi) is 3.11. The van der Waals surface area contributed by atoms with Gasteiger partial charge in [-0.3, -0.25) is 0 Å². The fourth-order valence-electron chi connectivity index (χ4n) is 1.16. The van der Waals surface area contributed by atoms with E-state index in [0.29, 0.717) is 5.75 Å². The molecule has 0 aliphatic carbocycles. The molecule has 0 spiro atoms. The van der Waals surface area contributed by atoms with Crippen LogP contribution in [0.4, 0.5) is 0 Å².